The van der Waals surface area contributed by atoms with Gasteiger partial charge in [-0.2, -0.15) is 0 Å². The summed E-state index contributed by atoms with van der Waals surface area (Å²) in [7, 11) is 1.90. The van der Waals surface area contributed by atoms with Crippen molar-refractivity contribution in [2.24, 2.45) is 5.92 Å². The second-order valence-electron chi connectivity index (χ2n) is 5.24. The van der Waals surface area contributed by atoms with Gasteiger partial charge >= 0.3 is 0 Å². The van der Waals surface area contributed by atoms with E-state index in [0.717, 1.165) is 19.4 Å². The van der Waals surface area contributed by atoms with Crippen molar-refractivity contribution < 1.29 is 9.53 Å². The fourth-order valence-electron chi connectivity index (χ4n) is 3.10. The van der Waals surface area contributed by atoms with E-state index in [1.54, 1.807) is 11.3 Å². The van der Waals surface area contributed by atoms with E-state index in [4.69, 9.17) is 4.74 Å². The SMILES string of the molecule is CNC1COCC1C(=O)N1CCCC1c1cccs1. The van der Waals surface area contributed by atoms with Crippen LogP contribution >= 0.6 is 11.3 Å². The number of nitrogens with one attached hydrogen (secondary N) is 1. The van der Waals surface area contributed by atoms with Crippen molar-refractivity contribution in [1.82, 2.24) is 10.2 Å². The molecule has 1 aromatic heterocycles. The molecule has 2 fully saturated rings. The molecule has 1 aromatic rings. The summed E-state index contributed by atoms with van der Waals surface area (Å²) in [6, 6.07) is 4.65. The van der Waals surface area contributed by atoms with Gasteiger partial charge in [-0.05, 0) is 31.3 Å². The van der Waals surface area contributed by atoms with Gasteiger partial charge in [0.15, 0.2) is 0 Å². The van der Waals surface area contributed by atoms with Crippen LogP contribution in [-0.2, 0) is 9.53 Å². The van der Waals surface area contributed by atoms with E-state index in [-0.39, 0.29) is 23.9 Å². The molecule has 1 N–H and O–H groups in total. The van der Waals surface area contributed by atoms with Gasteiger partial charge in [0, 0.05) is 17.5 Å². The first-order valence-electron chi connectivity index (χ1n) is 6.90. The third-order valence-electron chi connectivity index (χ3n) is 4.18. The Morgan fingerprint density at radius 1 is 1.53 bits per heavy atom. The zero-order valence-electron chi connectivity index (χ0n) is 11.2. The molecule has 3 rings (SSSR count). The van der Waals surface area contributed by atoms with Crippen LogP contribution in [0.1, 0.15) is 23.8 Å². The highest BCUT2D eigenvalue weighted by molar-refractivity contribution is 7.10. The Kier molecular flexibility index (Phi) is 3.86. The highest BCUT2D eigenvalue weighted by atomic mass is 32.1. The Morgan fingerprint density at radius 3 is 3.16 bits per heavy atom. The van der Waals surface area contributed by atoms with Gasteiger partial charge in [-0.1, -0.05) is 6.07 Å². The Labute approximate surface area is 117 Å². The van der Waals surface area contributed by atoms with Crippen molar-refractivity contribution in [3.8, 4) is 0 Å². The van der Waals surface area contributed by atoms with E-state index < -0.39 is 0 Å². The van der Waals surface area contributed by atoms with Gasteiger partial charge in [-0.25, -0.2) is 0 Å². The summed E-state index contributed by atoms with van der Waals surface area (Å²) in [6.07, 6.45) is 2.19. The van der Waals surface area contributed by atoms with Crippen LogP contribution in [0.25, 0.3) is 0 Å². The number of nitrogens with zero attached hydrogens (tertiary/aromatic N) is 1. The predicted molar refractivity (Wildman–Crippen MR) is 75.2 cm³/mol. The zero-order chi connectivity index (χ0) is 13.2. The third kappa shape index (κ3) is 2.42. The topological polar surface area (TPSA) is 41.6 Å². The summed E-state index contributed by atoms with van der Waals surface area (Å²) in [6.45, 7) is 2.08. The van der Waals surface area contributed by atoms with E-state index in [1.807, 2.05) is 7.05 Å². The molecule has 0 spiro atoms. The van der Waals surface area contributed by atoms with Crippen LogP contribution in [0.4, 0.5) is 0 Å². The first kappa shape index (κ1) is 13.1. The molecule has 0 bridgehead atoms. The molecule has 19 heavy (non-hydrogen) atoms. The standard InChI is InChI=1S/C14H20N2O2S/c1-15-11-9-18-8-10(11)14(17)16-6-2-4-12(16)13-5-3-7-19-13/h3,5,7,10-12,15H,2,4,6,8-9H2,1H3. The number of carbonyl (C=O) groups excluding carboxylic acids is 1. The number of hydrogen-bond donors (Lipinski definition) is 1. The fraction of sp³-hybridized carbons (Fsp3) is 0.643. The van der Waals surface area contributed by atoms with Crippen molar-refractivity contribution in [2.45, 2.75) is 24.9 Å². The van der Waals surface area contributed by atoms with Crippen LogP contribution in [0.5, 0.6) is 0 Å². The molecule has 2 aliphatic heterocycles. The Balaban J connectivity index is 1.75. The van der Waals surface area contributed by atoms with Crippen molar-refractivity contribution >= 4 is 17.2 Å². The maximum absolute atomic E-state index is 12.7. The molecule has 0 aromatic carbocycles. The molecule has 2 saturated heterocycles. The number of rotatable bonds is 3. The molecule has 104 valence electrons. The van der Waals surface area contributed by atoms with Crippen molar-refractivity contribution in [3.63, 3.8) is 0 Å². The number of likely N-dealkylation sites (tertiary alicyclic amines) is 1. The van der Waals surface area contributed by atoms with Gasteiger partial charge in [0.25, 0.3) is 0 Å². The molecule has 3 heterocycles. The van der Waals surface area contributed by atoms with Gasteiger partial charge in [0.1, 0.15) is 0 Å². The van der Waals surface area contributed by atoms with Crippen molar-refractivity contribution in [2.75, 3.05) is 26.8 Å². The Hall–Kier alpha value is -0.910. The van der Waals surface area contributed by atoms with Crippen LogP contribution < -0.4 is 5.32 Å². The number of carbonyl (C=O) groups is 1. The van der Waals surface area contributed by atoms with E-state index in [9.17, 15) is 4.79 Å². The van der Waals surface area contributed by atoms with Crippen LogP contribution in [0.3, 0.4) is 0 Å². The Bertz CT molecular complexity index is 435. The van der Waals surface area contributed by atoms with Crippen molar-refractivity contribution in [1.29, 1.82) is 0 Å². The van der Waals surface area contributed by atoms with E-state index in [0.29, 0.717) is 13.2 Å². The molecule has 1 amide bonds. The molecule has 0 saturated carbocycles. The number of hydrogen-bond acceptors (Lipinski definition) is 4. The second-order valence-corrected chi connectivity index (χ2v) is 6.22. The van der Waals surface area contributed by atoms with Crippen LogP contribution in [0.2, 0.25) is 0 Å². The Morgan fingerprint density at radius 2 is 2.42 bits per heavy atom. The maximum Gasteiger partial charge on any atom is 0.230 e. The van der Waals surface area contributed by atoms with Crippen molar-refractivity contribution in [3.05, 3.63) is 22.4 Å². The summed E-state index contributed by atoms with van der Waals surface area (Å²) >= 11 is 1.75. The minimum Gasteiger partial charge on any atom is -0.379 e. The molecule has 4 nitrogen and oxygen atoms in total. The monoisotopic (exact) mass is 280 g/mol. The maximum atomic E-state index is 12.7. The van der Waals surface area contributed by atoms with Gasteiger partial charge in [-0.15, -0.1) is 11.3 Å². The fourth-order valence-corrected chi connectivity index (χ4v) is 3.98. The predicted octanol–water partition coefficient (Wildman–Crippen LogP) is 1.65. The summed E-state index contributed by atoms with van der Waals surface area (Å²) in [5.41, 5.74) is 0. The molecular weight excluding hydrogens is 260 g/mol. The lowest BCUT2D eigenvalue weighted by atomic mass is 10.0. The molecule has 3 unspecified atom stereocenters. The molecule has 2 aliphatic rings. The summed E-state index contributed by atoms with van der Waals surface area (Å²) in [5.74, 6) is 0.235. The molecular formula is C14H20N2O2S. The number of thiophene rings is 1. The smallest absolute Gasteiger partial charge is 0.230 e. The molecule has 0 radical (unpaired) electrons. The summed E-state index contributed by atoms with van der Waals surface area (Å²) in [5, 5.41) is 5.29. The van der Waals surface area contributed by atoms with E-state index >= 15 is 0 Å². The summed E-state index contributed by atoms with van der Waals surface area (Å²) < 4.78 is 5.46. The third-order valence-corrected chi connectivity index (χ3v) is 5.15. The average molecular weight is 280 g/mol. The average Bonchev–Trinajstić information content (AvgIpc) is 3.16. The highest BCUT2D eigenvalue weighted by Crippen LogP contribution is 2.36. The normalized spacial score (nSPS) is 31.0. The lowest BCUT2D eigenvalue weighted by Gasteiger charge is -2.28. The first-order chi connectivity index (χ1) is 9.31. The van der Waals surface area contributed by atoms with E-state index in [1.165, 1.54) is 4.88 Å². The molecule has 5 heteroatoms. The van der Waals surface area contributed by atoms with E-state index in [2.05, 4.69) is 27.7 Å². The number of ether oxygens (including phenoxy) is 1. The molecule has 0 aliphatic carbocycles. The van der Waals surface area contributed by atoms with Gasteiger partial charge in [-0.3, -0.25) is 4.79 Å². The lowest BCUT2D eigenvalue weighted by molar-refractivity contribution is -0.136. The lowest BCUT2D eigenvalue weighted by Crippen LogP contribution is -2.44. The largest absolute Gasteiger partial charge is 0.379 e. The first-order valence-corrected chi connectivity index (χ1v) is 7.78. The minimum absolute atomic E-state index is 0.0226. The number of amides is 1. The quantitative estimate of drug-likeness (QED) is 0.915. The van der Waals surface area contributed by atoms with Crippen LogP contribution in [0.15, 0.2) is 17.5 Å². The number of likely N-dealkylation sites (N-methyl/N-ethyl adjacent to an activating group) is 1. The van der Waals surface area contributed by atoms with Gasteiger partial charge in [0.2, 0.25) is 5.91 Å². The molecule has 3 atom stereocenters. The zero-order valence-corrected chi connectivity index (χ0v) is 12.0. The van der Waals surface area contributed by atoms with Gasteiger partial charge in [0.05, 0.1) is 25.2 Å². The van der Waals surface area contributed by atoms with Crippen LogP contribution in [-0.4, -0.2) is 43.7 Å². The summed E-state index contributed by atoms with van der Waals surface area (Å²) in [4.78, 5) is 16.1. The highest BCUT2D eigenvalue weighted by Gasteiger charge is 2.40. The van der Waals surface area contributed by atoms with Crippen LogP contribution in [0, 0.1) is 5.92 Å². The minimum atomic E-state index is -0.0226. The second kappa shape index (κ2) is 5.61. The van der Waals surface area contributed by atoms with Gasteiger partial charge < -0.3 is 15.0 Å².